The van der Waals surface area contributed by atoms with Crippen LogP contribution in [0, 0.1) is 6.92 Å². The molecule has 5 nitrogen and oxygen atoms in total. The lowest BCUT2D eigenvalue weighted by molar-refractivity contribution is -0.131. The van der Waals surface area contributed by atoms with Gasteiger partial charge in [0.1, 0.15) is 11.4 Å². The van der Waals surface area contributed by atoms with Crippen molar-refractivity contribution in [3.05, 3.63) is 22.6 Å². The lowest BCUT2D eigenvalue weighted by atomic mass is 10.0. The number of alkyl halides is 1. The summed E-state index contributed by atoms with van der Waals surface area (Å²) >= 11 is 7.83. The summed E-state index contributed by atoms with van der Waals surface area (Å²) in [7, 11) is 0. The van der Waals surface area contributed by atoms with Crippen molar-refractivity contribution in [2.75, 3.05) is 17.3 Å². The number of hydrogen-bond acceptors (Lipinski definition) is 5. The molecule has 1 unspecified atom stereocenters. The highest BCUT2D eigenvalue weighted by atomic mass is 35.5. The molecule has 3 rings (SSSR count). The molecule has 0 spiro atoms. The van der Waals surface area contributed by atoms with Crippen LogP contribution in [0.2, 0.25) is 0 Å². The molecule has 0 bridgehead atoms. The number of thiophene rings is 1. The van der Waals surface area contributed by atoms with E-state index in [0.29, 0.717) is 23.9 Å². The van der Waals surface area contributed by atoms with Gasteiger partial charge < -0.3 is 9.47 Å². The first kappa shape index (κ1) is 19.0. The quantitative estimate of drug-likeness (QED) is 0.397. The van der Waals surface area contributed by atoms with E-state index in [2.05, 4.69) is 0 Å². The molecule has 0 N–H and O–H groups in total. The Balaban J connectivity index is 2.17. The second kappa shape index (κ2) is 6.74. The number of carbonyl (C=O) groups excluding carboxylic acids is 2. The minimum absolute atomic E-state index is 0.00566. The van der Waals surface area contributed by atoms with E-state index >= 15 is 0 Å². The van der Waals surface area contributed by atoms with Crippen LogP contribution < -0.4 is 9.64 Å². The number of aryl methyl sites for hydroxylation is 1. The molecule has 2 aromatic rings. The van der Waals surface area contributed by atoms with Crippen molar-refractivity contribution in [3.63, 3.8) is 0 Å². The molecule has 0 saturated carbocycles. The van der Waals surface area contributed by atoms with Gasteiger partial charge in [0.15, 0.2) is 0 Å². The van der Waals surface area contributed by atoms with Gasteiger partial charge in [0.25, 0.3) is 0 Å². The van der Waals surface area contributed by atoms with Crippen LogP contribution in [0.15, 0.2) is 12.1 Å². The van der Waals surface area contributed by atoms with Crippen LogP contribution in [0.1, 0.15) is 44.1 Å². The fraction of sp³-hybridized carbons (Fsp3) is 0.474. The zero-order chi connectivity index (χ0) is 19.2. The third-order valence-corrected chi connectivity index (χ3v) is 5.52. The average molecular weight is 396 g/mol. The number of nitrogens with zero attached hydrogens (tertiary/aromatic N) is 1. The molecule has 0 saturated heterocycles. The van der Waals surface area contributed by atoms with E-state index in [-0.39, 0.29) is 5.92 Å². The molecule has 140 valence electrons. The van der Waals surface area contributed by atoms with E-state index in [0.717, 1.165) is 20.5 Å². The van der Waals surface area contributed by atoms with Crippen molar-refractivity contribution in [2.45, 2.75) is 46.1 Å². The minimum atomic E-state index is -0.599. The molecule has 0 aliphatic carbocycles. The number of esters is 1. The minimum Gasteiger partial charge on any atom is -0.443 e. The standard InChI is InChI=1S/C19H22ClNO4S/c1-10-6-13-15(24-11(2)22)7-14-16(17(13)26-10)12(8-20)9-21(14)18(23)25-19(3,4)5/h6-7,12H,8-9H2,1-5H3. The van der Waals surface area contributed by atoms with Crippen LogP contribution in [0.3, 0.4) is 0 Å². The summed E-state index contributed by atoms with van der Waals surface area (Å²) in [5.74, 6) is 0.460. The Morgan fingerprint density at radius 2 is 2.04 bits per heavy atom. The van der Waals surface area contributed by atoms with E-state index < -0.39 is 17.7 Å². The number of ether oxygens (including phenoxy) is 2. The zero-order valence-corrected chi connectivity index (χ0v) is 17.1. The summed E-state index contributed by atoms with van der Waals surface area (Å²) in [5, 5.41) is 0.877. The number of carbonyl (C=O) groups is 2. The Labute approximate surface area is 161 Å². The van der Waals surface area contributed by atoms with E-state index in [1.807, 2.05) is 33.8 Å². The molecule has 1 atom stereocenters. The van der Waals surface area contributed by atoms with Gasteiger partial charge in [-0.05, 0) is 33.8 Å². The zero-order valence-electron chi connectivity index (χ0n) is 15.5. The molecule has 1 aliphatic heterocycles. The first-order valence-electron chi connectivity index (χ1n) is 8.42. The predicted molar refractivity (Wildman–Crippen MR) is 105 cm³/mol. The summed E-state index contributed by atoms with van der Waals surface area (Å²) in [4.78, 5) is 27.0. The molecule has 1 aromatic carbocycles. The number of fused-ring (bicyclic) bond motifs is 3. The SMILES string of the molecule is CC(=O)Oc1cc2c(c3sc(C)cc13)C(CCl)CN2C(=O)OC(C)(C)C. The van der Waals surface area contributed by atoms with Gasteiger partial charge in [-0.1, -0.05) is 0 Å². The molecule has 26 heavy (non-hydrogen) atoms. The Hall–Kier alpha value is -1.79. The molecule has 1 aliphatic rings. The van der Waals surface area contributed by atoms with Crippen molar-refractivity contribution in [1.82, 2.24) is 0 Å². The number of halogens is 1. The Morgan fingerprint density at radius 3 is 2.62 bits per heavy atom. The highest BCUT2D eigenvalue weighted by molar-refractivity contribution is 7.19. The number of hydrogen-bond donors (Lipinski definition) is 0. The van der Waals surface area contributed by atoms with Crippen molar-refractivity contribution in [3.8, 4) is 5.75 Å². The molecular weight excluding hydrogens is 374 g/mol. The largest absolute Gasteiger partial charge is 0.443 e. The summed E-state index contributed by atoms with van der Waals surface area (Å²) in [6.07, 6.45) is -0.423. The van der Waals surface area contributed by atoms with Crippen molar-refractivity contribution in [2.24, 2.45) is 0 Å². The molecule has 1 amide bonds. The summed E-state index contributed by atoms with van der Waals surface area (Å²) in [6, 6.07) is 3.75. The summed E-state index contributed by atoms with van der Waals surface area (Å²) < 4.78 is 12.0. The van der Waals surface area contributed by atoms with Gasteiger partial charge in [-0.25, -0.2) is 4.79 Å². The fourth-order valence-corrected chi connectivity index (χ4v) is 4.58. The monoisotopic (exact) mass is 395 g/mol. The van der Waals surface area contributed by atoms with E-state index in [4.69, 9.17) is 21.1 Å². The Bertz CT molecular complexity index is 884. The normalized spacial score (nSPS) is 16.7. The maximum absolute atomic E-state index is 12.7. The van der Waals surface area contributed by atoms with Crippen LogP contribution in [0.4, 0.5) is 10.5 Å². The first-order valence-corrected chi connectivity index (χ1v) is 9.77. The molecule has 1 aromatic heterocycles. The van der Waals surface area contributed by atoms with Gasteiger partial charge in [0, 0.05) is 51.9 Å². The highest BCUT2D eigenvalue weighted by Gasteiger charge is 2.37. The predicted octanol–water partition coefficient (Wildman–Crippen LogP) is 5.21. The maximum Gasteiger partial charge on any atom is 0.414 e. The fourth-order valence-electron chi connectivity index (χ4n) is 3.18. The number of anilines is 1. The highest BCUT2D eigenvalue weighted by Crippen LogP contribution is 2.48. The molecule has 7 heteroatoms. The summed E-state index contributed by atoms with van der Waals surface area (Å²) in [5.41, 5.74) is 1.13. The van der Waals surface area contributed by atoms with Gasteiger partial charge in [0.05, 0.1) is 5.69 Å². The third kappa shape index (κ3) is 3.53. The van der Waals surface area contributed by atoms with Gasteiger partial charge >= 0.3 is 12.1 Å². The number of benzene rings is 1. The average Bonchev–Trinajstić information content (AvgIpc) is 3.05. The lowest BCUT2D eigenvalue weighted by Crippen LogP contribution is -2.36. The van der Waals surface area contributed by atoms with Crippen LogP contribution in [-0.2, 0) is 9.53 Å². The van der Waals surface area contributed by atoms with Crippen LogP contribution in [0.25, 0.3) is 10.1 Å². The van der Waals surface area contributed by atoms with E-state index in [9.17, 15) is 9.59 Å². The van der Waals surface area contributed by atoms with Crippen molar-refractivity contribution < 1.29 is 19.1 Å². The van der Waals surface area contributed by atoms with Crippen LogP contribution in [-0.4, -0.2) is 30.1 Å². The second-order valence-corrected chi connectivity index (χ2v) is 9.01. The first-order chi connectivity index (χ1) is 12.1. The maximum atomic E-state index is 12.7. The van der Waals surface area contributed by atoms with Crippen molar-refractivity contribution >= 4 is 50.8 Å². The van der Waals surface area contributed by atoms with Crippen molar-refractivity contribution in [1.29, 1.82) is 0 Å². The van der Waals surface area contributed by atoms with Crippen LogP contribution >= 0.6 is 22.9 Å². The molecule has 0 fully saturated rings. The van der Waals surface area contributed by atoms with Crippen LogP contribution in [0.5, 0.6) is 5.75 Å². The molecular formula is C19H22ClNO4S. The van der Waals surface area contributed by atoms with Gasteiger partial charge in [-0.2, -0.15) is 0 Å². The lowest BCUT2D eigenvalue weighted by Gasteiger charge is -2.25. The topological polar surface area (TPSA) is 55.8 Å². The smallest absolute Gasteiger partial charge is 0.414 e. The Kier molecular flexibility index (Phi) is 4.92. The van der Waals surface area contributed by atoms with E-state index in [1.54, 1.807) is 22.3 Å². The second-order valence-electron chi connectivity index (χ2n) is 7.44. The Morgan fingerprint density at radius 1 is 1.35 bits per heavy atom. The van der Waals surface area contributed by atoms with E-state index in [1.165, 1.54) is 6.92 Å². The van der Waals surface area contributed by atoms with Gasteiger partial charge in [0.2, 0.25) is 0 Å². The van der Waals surface area contributed by atoms with Gasteiger partial charge in [-0.15, -0.1) is 22.9 Å². The molecule has 0 radical (unpaired) electrons. The molecule has 2 heterocycles. The van der Waals surface area contributed by atoms with Gasteiger partial charge in [-0.3, -0.25) is 9.69 Å². The summed E-state index contributed by atoms with van der Waals surface area (Å²) in [6.45, 7) is 9.31. The number of amides is 1. The third-order valence-electron chi connectivity index (χ3n) is 4.06. The number of rotatable bonds is 2.